The molecule has 228 valence electrons. The smallest absolute Gasteiger partial charge is 0.263 e. The van der Waals surface area contributed by atoms with E-state index in [4.69, 9.17) is 9.72 Å². The van der Waals surface area contributed by atoms with Gasteiger partial charge in [0.05, 0.1) is 23.5 Å². The Morgan fingerprint density at radius 3 is 2.56 bits per heavy atom. The van der Waals surface area contributed by atoms with Gasteiger partial charge in [0.25, 0.3) is 5.56 Å². The number of nitrogens with zero attached hydrogens (tertiary/aromatic N) is 6. The molecule has 12 nitrogen and oxygen atoms in total. The number of carbonyl (C=O) groups is 1. The fraction of sp³-hybridized carbons (Fsp3) is 0.533. The van der Waals surface area contributed by atoms with Crippen molar-refractivity contribution < 1.29 is 17.9 Å². The molecule has 1 atom stereocenters. The number of fused-ring (bicyclic) bond motifs is 4. The molecule has 2 aromatic heterocycles. The summed E-state index contributed by atoms with van der Waals surface area (Å²) < 4.78 is 33.0. The maximum Gasteiger partial charge on any atom is 0.263 e. The van der Waals surface area contributed by atoms with Crippen LogP contribution in [-0.2, 0) is 10.0 Å². The lowest BCUT2D eigenvalue weighted by Gasteiger charge is -2.51. The number of hydrogen-bond acceptors (Lipinski definition) is 10. The van der Waals surface area contributed by atoms with Crippen molar-refractivity contribution in [2.75, 3.05) is 55.8 Å². The highest BCUT2D eigenvalue weighted by atomic mass is 32.2. The number of Topliss-reactive ketones (excluding diaryl/α,β-unsaturated/α-hetero) is 1. The summed E-state index contributed by atoms with van der Waals surface area (Å²) in [6, 6.07) is 6.46. The third kappa shape index (κ3) is 4.96. The quantitative estimate of drug-likeness (QED) is 0.418. The van der Waals surface area contributed by atoms with Crippen molar-refractivity contribution in [3.05, 3.63) is 45.9 Å². The first-order valence-electron chi connectivity index (χ1n) is 15.0. The Morgan fingerprint density at radius 2 is 1.84 bits per heavy atom. The van der Waals surface area contributed by atoms with Crippen LogP contribution in [0.5, 0.6) is 5.75 Å². The van der Waals surface area contributed by atoms with Crippen LogP contribution < -0.4 is 20.5 Å². The molecule has 1 aromatic carbocycles. The van der Waals surface area contributed by atoms with Gasteiger partial charge in [-0.15, -0.1) is 0 Å². The van der Waals surface area contributed by atoms with Crippen molar-refractivity contribution in [2.45, 2.75) is 57.7 Å². The van der Waals surface area contributed by atoms with E-state index in [0.717, 1.165) is 62.4 Å². The molecule has 5 heterocycles. The summed E-state index contributed by atoms with van der Waals surface area (Å²) in [6.07, 6.45) is 6.84. The van der Waals surface area contributed by atoms with Crippen molar-refractivity contribution in [2.24, 2.45) is 0 Å². The molecule has 3 aliphatic heterocycles. The van der Waals surface area contributed by atoms with Crippen LogP contribution in [0, 0.1) is 6.92 Å². The molecule has 0 bridgehead atoms. The summed E-state index contributed by atoms with van der Waals surface area (Å²) in [5.74, 6) is 0.921. The summed E-state index contributed by atoms with van der Waals surface area (Å²) in [7, 11) is -3.12. The zero-order valence-electron chi connectivity index (χ0n) is 24.7. The van der Waals surface area contributed by atoms with E-state index in [1.165, 1.54) is 17.5 Å². The number of hydrogen-bond donors (Lipinski definition) is 1. The summed E-state index contributed by atoms with van der Waals surface area (Å²) in [5.41, 5.74) is 2.94. The third-order valence-corrected chi connectivity index (χ3v) is 10.8. The fourth-order valence-corrected chi connectivity index (χ4v) is 8.04. The van der Waals surface area contributed by atoms with Gasteiger partial charge in [-0.2, -0.15) is 9.29 Å². The van der Waals surface area contributed by atoms with Crippen LogP contribution >= 0.6 is 0 Å². The highest BCUT2D eigenvalue weighted by Gasteiger charge is 2.41. The minimum absolute atomic E-state index is 0.0184. The third-order valence-electron chi connectivity index (χ3n) is 9.54. The van der Waals surface area contributed by atoms with Gasteiger partial charge in [-0.3, -0.25) is 19.1 Å². The van der Waals surface area contributed by atoms with Crippen LogP contribution in [0.1, 0.15) is 54.6 Å². The van der Waals surface area contributed by atoms with E-state index >= 15 is 0 Å². The van der Waals surface area contributed by atoms with Gasteiger partial charge >= 0.3 is 0 Å². The van der Waals surface area contributed by atoms with Crippen LogP contribution in [0.3, 0.4) is 0 Å². The number of aryl methyl sites for hydroxylation is 1. The largest absolute Gasteiger partial charge is 0.489 e. The molecular weight excluding hydrogens is 570 g/mol. The summed E-state index contributed by atoms with van der Waals surface area (Å²) in [4.78, 5) is 40.1. The normalized spacial score (nSPS) is 21.7. The van der Waals surface area contributed by atoms with Gasteiger partial charge in [-0.1, -0.05) is 12.8 Å². The molecule has 0 radical (unpaired) electrons. The maximum absolute atomic E-state index is 13.5. The first-order valence-corrected chi connectivity index (χ1v) is 16.9. The van der Waals surface area contributed by atoms with E-state index in [-0.39, 0.29) is 35.0 Å². The number of carbonyl (C=O) groups excluding carboxylic acids is 1. The van der Waals surface area contributed by atoms with E-state index in [1.54, 1.807) is 17.7 Å². The van der Waals surface area contributed by atoms with E-state index in [1.807, 2.05) is 18.2 Å². The standard InChI is InChI=1S/C30H37N7O5S/c1-18-24-13-31-30(33-28(24)37(21-6-4-5-7-21)29(39)27(18)19(2)38)32-20-8-9-25-26(12-20)42-17-23-14-34(10-11-36(23)25)22-15-35(16-22)43(3,40)41/h8-9,12-13,21-23H,4-7,10-11,14-17H2,1-3H3,(H,31,32,33)/t23-/m1/s1. The van der Waals surface area contributed by atoms with E-state index in [0.29, 0.717) is 42.2 Å². The molecule has 4 aliphatic rings. The first kappa shape index (κ1) is 28.2. The number of benzene rings is 1. The predicted molar refractivity (Wildman–Crippen MR) is 164 cm³/mol. The molecule has 1 saturated carbocycles. The first-order chi connectivity index (χ1) is 20.6. The molecule has 1 aliphatic carbocycles. The molecule has 2 saturated heterocycles. The molecule has 0 amide bonds. The van der Waals surface area contributed by atoms with Crippen LogP contribution in [0.15, 0.2) is 29.2 Å². The van der Waals surface area contributed by atoms with E-state index < -0.39 is 10.0 Å². The summed E-state index contributed by atoms with van der Waals surface area (Å²) in [6.45, 7) is 7.45. The van der Waals surface area contributed by atoms with Gasteiger partial charge in [0.15, 0.2) is 5.78 Å². The number of ketones is 1. The van der Waals surface area contributed by atoms with Crippen LogP contribution in [0.2, 0.25) is 0 Å². The van der Waals surface area contributed by atoms with Gasteiger partial charge in [0, 0.05) is 68.1 Å². The number of nitrogens with one attached hydrogen (secondary N) is 1. The monoisotopic (exact) mass is 607 g/mol. The molecule has 13 heteroatoms. The van der Waals surface area contributed by atoms with Gasteiger partial charge in [-0.25, -0.2) is 13.4 Å². The summed E-state index contributed by atoms with van der Waals surface area (Å²) >= 11 is 0. The van der Waals surface area contributed by atoms with Gasteiger partial charge in [0.1, 0.15) is 18.0 Å². The minimum Gasteiger partial charge on any atom is -0.489 e. The van der Waals surface area contributed by atoms with Gasteiger partial charge in [0.2, 0.25) is 16.0 Å². The van der Waals surface area contributed by atoms with Crippen molar-refractivity contribution in [3.63, 3.8) is 0 Å². The lowest BCUT2D eigenvalue weighted by Crippen LogP contribution is -2.67. The molecule has 7 rings (SSSR count). The molecule has 3 aromatic rings. The predicted octanol–water partition coefficient (Wildman–Crippen LogP) is 2.69. The Labute approximate surface area is 250 Å². The van der Waals surface area contributed by atoms with Gasteiger partial charge < -0.3 is 15.0 Å². The Balaban J connectivity index is 1.11. The average Bonchev–Trinajstić information content (AvgIpc) is 3.45. The molecule has 3 fully saturated rings. The second kappa shape index (κ2) is 10.6. The molecule has 43 heavy (non-hydrogen) atoms. The van der Waals surface area contributed by atoms with Crippen LogP contribution in [-0.4, -0.2) is 95.6 Å². The van der Waals surface area contributed by atoms with Gasteiger partial charge in [-0.05, 0) is 44.4 Å². The number of ether oxygens (including phenoxy) is 1. The van der Waals surface area contributed by atoms with Crippen LogP contribution in [0.4, 0.5) is 17.3 Å². The number of pyridine rings is 1. The molecule has 1 N–H and O–H groups in total. The van der Waals surface area contributed by atoms with E-state index in [2.05, 4.69) is 20.1 Å². The van der Waals surface area contributed by atoms with Crippen molar-refractivity contribution >= 4 is 44.2 Å². The highest BCUT2D eigenvalue weighted by molar-refractivity contribution is 7.88. The number of anilines is 3. The SMILES string of the molecule is CC(=O)c1c(C)c2cnc(Nc3ccc4c(c3)OC[C@H]3CN(C5CN(S(C)(=O)=O)C5)CCN43)nc2n(C2CCCC2)c1=O. The van der Waals surface area contributed by atoms with Crippen molar-refractivity contribution in [1.82, 2.24) is 23.7 Å². The van der Waals surface area contributed by atoms with Crippen molar-refractivity contribution in [3.8, 4) is 5.75 Å². The zero-order valence-corrected chi connectivity index (χ0v) is 25.6. The Kier molecular flexibility index (Phi) is 6.94. The maximum atomic E-state index is 13.5. The van der Waals surface area contributed by atoms with Crippen LogP contribution in [0.25, 0.3) is 11.0 Å². The summed E-state index contributed by atoms with van der Waals surface area (Å²) in [5, 5.41) is 4.02. The van der Waals surface area contributed by atoms with Crippen molar-refractivity contribution in [1.29, 1.82) is 0 Å². The number of sulfonamides is 1. The second-order valence-electron chi connectivity index (χ2n) is 12.3. The van der Waals surface area contributed by atoms with E-state index in [9.17, 15) is 18.0 Å². The minimum atomic E-state index is -3.12. The Hall–Kier alpha value is -3.55. The second-order valence-corrected chi connectivity index (χ2v) is 14.3. The Morgan fingerprint density at radius 1 is 1.07 bits per heavy atom. The molecular formula is C30H37N7O5S. The molecule has 0 spiro atoms. The topological polar surface area (TPSA) is 130 Å². The zero-order chi connectivity index (χ0) is 30.0. The molecule has 0 unspecified atom stereocenters. The number of aromatic nitrogens is 3. The average molecular weight is 608 g/mol. The highest BCUT2D eigenvalue weighted by Crippen LogP contribution is 2.39. The lowest BCUT2D eigenvalue weighted by atomic mass is 10.0. The number of rotatable bonds is 6. The fourth-order valence-electron chi connectivity index (χ4n) is 7.16. The lowest BCUT2D eigenvalue weighted by molar-refractivity contribution is 0.0602. The number of piperazine rings is 1. The Bertz CT molecular complexity index is 1780.